The van der Waals surface area contributed by atoms with Crippen molar-refractivity contribution < 1.29 is 9.53 Å². The zero-order valence-corrected chi connectivity index (χ0v) is 18.1. The summed E-state index contributed by atoms with van der Waals surface area (Å²) in [4.78, 5) is 18.1. The van der Waals surface area contributed by atoms with Gasteiger partial charge >= 0.3 is 5.97 Å². The Balaban J connectivity index is 2.04. The molecule has 4 aromatic rings. The van der Waals surface area contributed by atoms with Crippen molar-refractivity contribution in [1.82, 2.24) is 4.98 Å². The fourth-order valence-electron chi connectivity index (χ4n) is 3.59. The van der Waals surface area contributed by atoms with Gasteiger partial charge in [0.2, 0.25) is 0 Å². The van der Waals surface area contributed by atoms with Gasteiger partial charge in [0.1, 0.15) is 0 Å². The summed E-state index contributed by atoms with van der Waals surface area (Å²) >= 11 is 0. The van der Waals surface area contributed by atoms with Gasteiger partial charge in [0.25, 0.3) is 0 Å². The Labute approximate surface area is 183 Å². The van der Waals surface area contributed by atoms with Gasteiger partial charge in [-0.15, -0.1) is 0 Å². The molecule has 3 aromatic carbocycles. The molecule has 3 heteroatoms. The van der Waals surface area contributed by atoms with Gasteiger partial charge in [-0.05, 0) is 32.4 Å². The fourth-order valence-corrected chi connectivity index (χ4v) is 3.59. The number of pyridine rings is 1. The van der Waals surface area contributed by atoms with E-state index in [9.17, 15) is 4.79 Å². The first-order chi connectivity index (χ1) is 15.1. The number of esters is 1. The largest absolute Gasteiger partial charge is 0.462 e. The van der Waals surface area contributed by atoms with Crippen molar-refractivity contribution in [3.05, 3.63) is 102 Å². The highest BCUT2D eigenvalue weighted by atomic mass is 16.5. The molecular formula is C28H25NO2. The highest BCUT2D eigenvalue weighted by Crippen LogP contribution is 2.35. The maximum absolute atomic E-state index is 13.1. The molecule has 0 unspecified atom stereocenters. The number of carbonyl (C=O) groups is 1. The average molecular weight is 408 g/mol. The maximum Gasteiger partial charge on any atom is 0.340 e. The Kier molecular flexibility index (Phi) is 5.94. The number of hydrogen-bond acceptors (Lipinski definition) is 3. The van der Waals surface area contributed by atoms with Crippen molar-refractivity contribution in [2.45, 2.75) is 20.8 Å². The molecule has 0 aliphatic carbocycles. The molecule has 0 saturated heterocycles. The van der Waals surface area contributed by atoms with Crippen LogP contribution in [-0.4, -0.2) is 17.6 Å². The lowest BCUT2D eigenvalue weighted by atomic mass is 9.93. The molecule has 31 heavy (non-hydrogen) atoms. The van der Waals surface area contributed by atoms with Crippen LogP contribution in [0.2, 0.25) is 0 Å². The molecule has 0 N–H and O–H groups in total. The van der Waals surface area contributed by atoms with Crippen LogP contribution >= 0.6 is 0 Å². The first-order valence-corrected chi connectivity index (χ1v) is 10.5. The van der Waals surface area contributed by atoms with Crippen LogP contribution < -0.4 is 0 Å². The van der Waals surface area contributed by atoms with E-state index >= 15 is 0 Å². The lowest BCUT2D eigenvalue weighted by molar-refractivity contribution is 0.0528. The van der Waals surface area contributed by atoms with E-state index in [1.807, 2.05) is 55.5 Å². The topological polar surface area (TPSA) is 39.2 Å². The molecule has 154 valence electrons. The van der Waals surface area contributed by atoms with E-state index in [4.69, 9.17) is 9.72 Å². The van der Waals surface area contributed by atoms with Crippen molar-refractivity contribution in [2.75, 3.05) is 6.61 Å². The molecule has 0 atom stereocenters. The Hall–Kier alpha value is -3.72. The van der Waals surface area contributed by atoms with Crippen LogP contribution in [0.15, 0.2) is 84.9 Å². The van der Waals surface area contributed by atoms with Gasteiger partial charge in [-0.2, -0.15) is 0 Å². The van der Waals surface area contributed by atoms with Crippen LogP contribution in [0, 0.1) is 13.8 Å². The van der Waals surface area contributed by atoms with Crippen molar-refractivity contribution in [1.29, 1.82) is 0 Å². The SMILES string of the molecule is CCOC(=O)c1c(-c2ccc(C)cc2)cc(-c2ccc(C)cc2)nc1-c1ccccc1. The smallest absolute Gasteiger partial charge is 0.340 e. The van der Waals surface area contributed by atoms with Gasteiger partial charge in [0, 0.05) is 16.7 Å². The van der Waals surface area contributed by atoms with Crippen LogP contribution in [0.5, 0.6) is 0 Å². The maximum atomic E-state index is 13.1. The van der Waals surface area contributed by atoms with E-state index < -0.39 is 0 Å². The monoisotopic (exact) mass is 407 g/mol. The second-order valence-electron chi connectivity index (χ2n) is 7.60. The molecule has 0 aliphatic heterocycles. The number of nitrogens with zero attached hydrogens (tertiary/aromatic N) is 1. The number of benzene rings is 3. The summed E-state index contributed by atoms with van der Waals surface area (Å²) in [7, 11) is 0. The third-order valence-corrected chi connectivity index (χ3v) is 5.26. The normalized spacial score (nSPS) is 10.7. The van der Waals surface area contributed by atoms with E-state index in [1.165, 1.54) is 5.56 Å². The van der Waals surface area contributed by atoms with Gasteiger partial charge in [0.05, 0.1) is 23.6 Å². The zero-order chi connectivity index (χ0) is 21.8. The Morgan fingerprint density at radius 2 is 1.35 bits per heavy atom. The number of hydrogen-bond donors (Lipinski definition) is 0. The number of aryl methyl sites for hydroxylation is 2. The highest BCUT2D eigenvalue weighted by Gasteiger charge is 2.23. The third kappa shape index (κ3) is 4.41. The summed E-state index contributed by atoms with van der Waals surface area (Å²) in [5.41, 5.74) is 7.97. The minimum Gasteiger partial charge on any atom is -0.462 e. The van der Waals surface area contributed by atoms with E-state index in [1.54, 1.807) is 0 Å². The second-order valence-corrected chi connectivity index (χ2v) is 7.60. The van der Waals surface area contributed by atoms with Crippen molar-refractivity contribution in [3.63, 3.8) is 0 Å². The van der Waals surface area contributed by atoms with Crippen LogP contribution in [0.3, 0.4) is 0 Å². The zero-order valence-electron chi connectivity index (χ0n) is 18.1. The third-order valence-electron chi connectivity index (χ3n) is 5.26. The van der Waals surface area contributed by atoms with E-state index in [0.29, 0.717) is 17.9 Å². The van der Waals surface area contributed by atoms with E-state index in [0.717, 1.165) is 33.5 Å². The Morgan fingerprint density at radius 3 is 1.94 bits per heavy atom. The fraction of sp³-hybridized carbons (Fsp3) is 0.143. The van der Waals surface area contributed by atoms with Gasteiger partial charge in [-0.1, -0.05) is 90.0 Å². The quantitative estimate of drug-likeness (QED) is 0.339. The van der Waals surface area contributed by atoms with E-state index in [2.05, 4.69) is 50.2 Å². The predicted octanol–water partition coefficient (Wildman–Crippen LogP) is 6.88. The molecule has 0 spiro atoms. The number of rotatable bonds is 5. The molecule has 0 radical (unpaired) electrons. The first-order valence-electron chi connectivity index (χ1n) is 10.5. The molecule has 0 fully saturated rings. The summed E-state index contributed by atoms with van der Waals surface area (Å²) in [5.74, 6) is -0.361. The van der Waals surface area contributed by atoms with Gasteiger partial charge in [0.15, 0.2) is 0 Å². The molecule has 0 bridgehead atoms. The lowest BCUT2D eigenvalue weighted by Gasteiger charge is -2.16. The summed E-state index contributed by atoms with van der Waals surface area (Å²) in [6.45, 7) is 6.24. The van der Waals surface area contributed by atoms with Crippen LogP contribution in [0.1, 0.15) is 28.4 Å². The molecule has 1 heterocycles. The van der Waals surface area contributed by atoms with Crippen LogP contribution in [0.4, 0.5) is 0 Å². The molecule has 0 saturated carbocycles. The molecule has 0 amide bonds. The van der Waals surface area contributed by atoms with Crippen LogP contribution in [-0.2, 0) is 4.74 Å². The number of carbonyl (C=O) groups excluding carboxylic acids is 1. The molecule has 3 nitrogen and oxygen atoms in total. The number of ether oxygens (including phenoxy) is 1. The van der Waals surface area contributed by atoms with Crippen molar-refractivity contribution in [2.24, 2.45) is 0 Å². The van der Waals surface area contributed by atoms with Gasteiger partial charge in [-0.25, -0.2) is 9.78 Å². The first kappa shape index (κ1) is 20.5. The summed E-state index contributed by atoms with van der Waals surface area (Å²) < 4.78 is 5.46. The molecular weight excluding hydrogens is 382 g/mol. The highest BCUT2D eigenvalue weighted by molar-refractivity contribution is 6.04. The molecule has 4 rings (SSSR count). The molecule has 0 aliphatic rings. The standard InChI is InChI=1S/C28H25NO2/c1-4-31-28(30)26-24(21-14-10-19(2)11-15-21)18-25(22-16-12-20(3)13-17-22)29-27(26)23-8-6-5-7-9-23/h5-18H,4H2,1-3H3. The van der Waals surface area contributed by atoms with Crippen molar-refractivity contribution in [3.8, 4) is 33.6 Å². The van der Waals surface area contributed by atoms with Gasteiger partial charge < -0.3 is 4.74 Å². The summed E-state index contributed by atoms with van der Waals surface area (Å²) in [5, 5.41) is 0. The number of aromatic nitrogens is 1. The van der Waals surface area contributed by atoms with Crippen LogP contribution in [0.25, 0.3) is 33.6 Å². The Morgan fingerprint density at radius 1 is 0.774 bits per heavy atom. The average Bonchev–Trinajstić information content (AvgIpc) is 2.80. The molecule has 1 aromatic heterocycles. The second kappa shape index (κ2) is 8.97. The van der Waals surface area contributed by atoms with Crippen molar-refractivity contribution >= 4 is 5.97 Å². The predicted molar refractivity (Wildman–Crippen MR) is 126 cm³/mol. The minimum absolute atomic E-state index is 0.306. The minimum atomic E-state index is -0.361. The summed E-state index contributed by atoms with van der Waals surface area (Å²) in [6, 6.07) is 28.3. The van der Waals surface area contributed by atoms with E-state index in [-0.39, 0.29) is 5.97 Å². The summed E-state index contributed by atoms with van der Waals surface area (Å²) in [6.07, 6.45) is 0. The van der Waals surface area contributed by atoms with Gasteiger partial charge in [-0.3, -0.25) is 0 Å². The lowest BCUT2D eigenvalue weighted by Crippen LogP contribution is -2.10. The Bertz CT molecular complexity index is 1190.